The molecule has 5 rings (SSSR count). The van der Waals surface area contributed by atoms with Crippen molar-refractivity contribution in [1.29, 1.82) is 0 Å². The molecule has 3 aromatic heterocycles. The molecule has 0 aliphatic carbocycles. The van der Waals surface area contributed by atoms with E-state index in [0.717, 1.165) is 79.2 Å². The van der Waals surface area contributed by atoms with Crippen LogP contribution < -0.4 is 5.43 Å². The molecule has 0 saturated carbocycles. The molecule has 1 N–H and O–H groups in total. The van der Waals surface area contributed by atoms with Crippen LogP contribution in [0.3, 0.4) is 0 Å². The maximum absolute atomic E-state index is 13.5. The lowest BCUT2D eigenvalue weighted by Crippen LogP contribution is -2.44. The first kappa shape index (κ1) is 23.7. The summed E-state index contributed by atoms with van der Waals surface area (Å²) < 4.78 is 0. The first-order valence-corrected chi connectivity index (χ1v) is 12.5. The van der Waals surface area contributed by atoms with E-state index in [4.69, 9.17) is 16.6 Å². The number of halogens is 1. The number of H-pyrrole nitrogens is 1. The molecule has 7 heteroatoms. The number of aromatic nitrogens is 3. The molecule has 1 fully saturated rings. The fourth-order valence-electron chi connectivity index (χ4n) is 4.76. The number of hydrogen-bond acceptors (Lipinski definition) is 5. The van der Waals surface area contributed by atoms with Crippen LogP contribution in [-0.4, -0.2) is 64.5 Å². The zero-order chi connectivity index (χ0) is 24.4. The predicted molar refractivity (Wildman–Crippen MR) is 143 cm³/mol. The van der Waals surface area contributed by atoms with Crippen molar-refractivity contribution in [3.63, 3.8) is 0 Å². The van der Waals surface area contributed by atoms with E-state index in [1.165, 1.54) is 0 Å². The lowest BCUT2D eigenvalue weighted by atomic mass is 9.97. The van der Waals surface area contributed by atoms with E-state index in [1.54, 1.807) is 0 Å². The number of likely N-dealkylation sites (N-methyl/N-ethyl adjacent to an activating group) is 1. The molecule has 1 aliphatic rings. The van der Waals surface area contributed by atoms with E-state index in [0.29, 0.717) is 16.2 Å². The van der Waals surface area contributed by atoms with Crippen molar-refractivity contribution in [3.05, 3.63) is 81.4 Å². The summed E-state index contributed by atoms with van der Waals surface area (Å²) in [5, 5.41) is 1.02. The van der Waals surface area contributed by atoms with Crippen LogP contribution >= 0.6 is 11.6 Å². The molecule has 0 bridgehead atoms. The van der Waals surface area contributed by atoms with Gasteiger partial charge in [0, 0.05) is 54.8 Å². The molecular formula is C28H30ClN5O. The van der Waals surface area contributed by atoms with Crippen molar-refractivity contribution in [1.82, 2.24) is 24.8 Å². The standard InChI is InChI=1S/C28H30ClN5O/c1-19-15-22(16-25(29)31-19)23-17-24-27(35)21(9-6-10-34-13-11-33(2)12-14-34)18-30-28(24)32-26(23)20-7-4-3-5-8-20/h3-5,7-8,15-18H,6,9-14H2,1-2H3,(H,30,32,35). The smallest absolute Gasteiger partial charge is 0.194 e. The summed E-state index contributed by atoms with van der Waals surface area (Å²) in [5.41, 5.74) is 5.81. The highest BCUT2D eigenvalue weighted by atomic mass is 35.5. The molecule has 0 spiro atoms. The third-order valence-corrected chi connectivity index (χ3v) is 6.93. The number of aryl methyl sites for hydroxylation is 2. The Kier molecular flexibility index (Phi) is 6.95. The molecule has 6 nitrogen and oxygen atoms in total. The maximum Gasteiger partial charge on any atom is 0.194 e. The van der Waals surface area contributed by atoms with E-state index >= 15 is 0 Å². The Morgan fingerprint density at radius 3 is 2.51 bits per heavy atom. The molecule has 0 amide bonds. The fourth-order valence-corrected chi connectivity index (χ4v) is 5.01. The van der Waals surface area contributed by atoms with Gasteiger partial charge in [0.15, 0.2) is 5.43 Å². The van der Waals surface area contributed by atoms with Crippen molar-refractivity contribution < 1.29 is 0 Å². The SMILES string of the molecule is Cc1cc(-c2cc3c(=O)c(CCCN4CCN(C)CC4)c[nH]c3nc2-c2ccccc2)cc(Cl)n1. The van der Waals surface area contributed by atoms with E-state index in [-0.39, 0.29) is 5.43 Å². The molecule has 4 aromatic rings. The number of hydrogen-bond donors (Lipinski definition) is 1. The van der Waals surface area contributed by atoms with Crippen LogP contribution in [0.1, 0.15) is 17.7 Å². The van der Waals surface area contributed by atoms with Crippen LogP contribution in [0.15, 0.2) is 59.5 Å². The van der Waals surface area contributed by atoms with Crippen molar-refractivity contribution in [2.24, 2.45) is 0 Å². The van der Waals surface area contributed by atoms with Crippen molar-refractivity contribution in [2.45, 2.75) is 19.8 Å². The molecule has 1 aliphatic heterocycles. The minimum atomic E-state index is 0.0439. The van der Waals surface area contributed by atoms with Gasteiger partial charge in [-0.15, -0.1) is 0 Å². The van der Waals surface area contributed by atoms with Crippen LogP contribution in [0, 0.1) is 6.92 Å². The minimum Gasteiger partial charge on any atom is -0.346 e. The van der Waals surface area contributed by atoms with Gasteiger partial charge in [-0.3, -0.25) is 4.79 Å². The van der Waals surface area contributed by atoms with Gasteiger partial charge in [0.2, 0.25) is 0 Å². The summed E-state index contributed by atoms with van der Waals surface area (Å²) in [6.45, 7) is 7.32. The van der Waals surface area contributed by atoms with Gasteiger partial charge in [-0.25, -0.2) is 9.97 Å². The van der Waals surface area contributed by atoms with Crippen molar-refractivity contribution in [2.75, 3.05) is 39.8 Å². The topological polar surface area (TPSA) is 65.1 Å². The van der Waals surface area contributed by atoms with E-state index < -0.39 is 0 Å². The molecule has 0 unspecified atom stereocenters. The number of rotatable bonds is 6. The average Bonchev–Trinajstić information content (AvgIpc) is 2.86. The second-order valence-corrected chi connectivity index (χ2v) is 9.75. The van der Waals surface area contributed by atoms with Crippen LogP contribution in [0.2, 0.25) is 5.15 Å². The largest absolute Gasteiger partial charge is 0.346 e. The van der Waals surface area contributed by atoms with E-state index in [2.05, 4.69) is 26.8 Å². The van der Waals surface area contributed by atoms with Gasteiger partial charge in [-0.05, 0) is 57.1 Å². The summed E-state index contributed by atoms with van der Waals surface area (Å²) in [4.78, 5) is 30.9. The van der Waals surface area contributed by atoms with Crippen molar-refractivity contribution in [3.8, 4) is 22.4 Å². The highest BCUT2D eigenvalue weighted by Gasteiger charge is 2.17. The monoisotopic (exact) mass is 487 g/mol. The van der Waals surface area contributed by atoms with E-state index in [1.807, 2.05) is 61.7 Å². The van der Waals surface area contributed by atoms with Gasteiger partial charge < -0.3 is 14.8 Å². The lowest BCUT2D eigenvalue weighted by Gasteiger charge is -2.32. The summed E-state index contributed by atoms with van der Waals surface area (Å²) >= 11 is 6.30. The number of pyridine rings is 3. The molecule has 4 heterocycles. The van der Waals surface area contributed by atoms with Gasteiger partial charge in [0.1, 0.15) is 10.8 Å². The second kappa shape index (κ2) is 10.3. The van der Waals surface area contributed by atoms with E-state index in [9.17, 15) is 4.79 Å². The second-order valence-electron chi connectivity index (χ2n) is 9.36. The number of aromatic amines is 1. The third kappa shape index (κ3) is 5.30. The molecule has 0 atom stereocenters. The first-order chi connectivity index (χ1) is 17.0. The predicted octanol–water partition coefficient (Wildman–Crippen LogP) is 4.79. The zero-order valence-electron chi connectivity index (χ0n) is 20.2. The quantitative estimate of drug-likeness (QED) is 0.396. The normalized spacial score (nSPS) is 15.1. The Balaban J connectivity index is 1.51. The molecule has 1 aromatic carbocycles. The Bertz CT molecular complexity index is 1370. The number of fused-ring (bicyclic) bond motifs is 1. The summed E-state index contributed by atoms with van der Waals surface area (Å²) in [7, 11) is 2.17. The Morgan fingerprint density at radius 1 is 1.00 bits per heavy atom. The summed E-state index contributed by atoms with van der Waals surface area (Å²) in [6.07, 6.45) is 3.54. The van der Waals surface area contributed by atoms with Gasteiger partial charge in [-0.1, -0.05) is 41.9 Å². The molecule has 1 saturated heterocycles. The highest BCUT2D eigenvalue weighted by Crippen LogP contribution is 2.33. The van der Waals surface area contributed by atoms with Gasteiger partial charge >= 0.3 is 0 Å². The molecule has 180 valence electrons. The fraction of sp³-hybridized carbons (Fsp3) is 0.321. The van der Waals surface area contributed by atoms with Crippen LogP contribution in [0.25, 0.3) is 33.4 Å². The number of nitrogens with one attached hydrogen (secondary N) is 1. The average molecular weight is 488 g/mol. The third-order valence-electron chi connectivity index (χ3n) is 6.74. The number of piperazine rings is 1. The maximum atomic E-state index is 13.5. The number of benzene rings is 1. The number of nitrogens with zero attached hydrogens (tertiary/aromatic N) is 4. The van der Waals surface area contributed by atoms with Gasteiger partial charge in [0.25, 0.3) is 0 Å². The summed E-state index contributed by atoms with van der Waals surface area (Å²) in [5.74, 6) is 0. The summed E-state index contributed by atoms with van der Waals surface area (Å²) in [6, 6.07) is 15.8. The van der Waals surface area contributed by atoms with Crippen LogP contribution in [0.4, 0.5) is 0 Å². The first-order valence-electron chi connectivity index (χ1n) is 12.1. The van der Waals surface area contributed by atoms with Gasteiger partial charge in [-0.2, -0.15) is 0 Å². The molecule has 35 heavy (non-hydrogen) atoms. The Morgan fingerprint density at radius 2 is 1.77 bits per heavy atom. The van der Waals surface area contributed by atoms with Crippen LogP contribution in [0.5, 0.6) is 0 Å². The van der Waals surface area contributed by atoms with Crippen molar-refractivity contribution >= 4 is 22.6 Å². The molecule has 0 radical (unpaired) electrons. The zero-order valence-corrected chi connectivity index (χ0v) is 21.0. The highest BCUT2D eigenvalue weighted by molar-refractivity contribution is 6.29. The van der Waals surface area contributed by atoms with Crippen LogP contribution in [-0.2, 0) is 6.42 Å². The lowest BCUT2D eigenvalue weighted by molar-refractivity contribution is 0.153. The Hall–Kier alpha value is -3.06. The minimum absolute atomic E-state index is 0.0439. The molecular weight excluding hydrogens is 458 g/mol. The van der Waals surface area contributed by atoms with Gasteiger partial charge in [0.05, 0.1) is 11.1 Å². The Labute approximate surface area is 210 Å².